The van der Waals surface area contributed by atoms with Gasteiger partial charge in [-0.3, -0.25) is 4.79 Å². The molecule has 0 heterocycles. The zero-order chi connectivity index (χ0) is 19.8. The van der Waals surface area contributed by atoms with Crippen molar-refractivity contribution in [3.8, 4) is 6.07 Å². The van der Waals surface area contributed by atoms with Gasteiger partial charge in [0, 0.05) is 33.1 Å². The molecule has 0 aliphatic heterocycles. The molecule has 0 aromatic heterocycles. The van der Waals surface area contributed by atoms with Gasteiger partial charge in [-0.25, -0.2) is 0 Å². The molecule has 0 aliphatic carbocycles. The summed E-state index contributed by atoms with van der Waals surface area (Å²) >= 11 is 7.65. The smallest absolute Gasteiger partial charge is 0.205 e. The zero-order valence-electron chi connectivity index (χ0n) is 14.9. The molecule has 28 heavy (non-hydrogen) atoms. The maximum Gasteiger partial charge on any atom is 0.205 e. The number of hydrogen-bond donors (Lipinski definition) is 1. The molecule has 5 heteroatoms. The number of Topliss-reactive ketones (excluding diaryl/α,β-unsaturated/α-hetero) is 1. The van der Waals surface area contributed by atoms with E-state index in [-0.39, 0.29) is 11.4 Å². The van der Waals surface area contributed by atoms with E-state index in [0.29, 0.717) is 16.3 Å². The second-order valence-corrected chi connectivity index (χ2v) is 7.44. The van der Waals surface area contributed by atoms with E-state index in [1.54, 1.807) is 36.0 Å². The Morgan fingerprint density at radius 3 is 2.57 bits per heavy atom. The number of benzene rings is 3. The Morgan fingerprint density at radius 1 is 1.04 bits per heavy atom. The molecule has 0 fully saturated rings. The third-order valence-corrected chi connectivity index (χ3v) is 5.23. The molecule has 1 N–H and O–H groups in total. The Hall–Kier alpha value is -3.00. The quantitative estimate of drug-likeness (QED) is 0.216. The minimum absolute atomic E-state index is 0.0350. The average molecular weight is 405 g/mol. The van der Waals surface area contributed by atoms with E-state index in [1.807, 2.05) is 48.5 Å². The van der Waals surface area contributed by atoms with Crippen LogP contribution in [0.1, 0.15) is 15.9 Å². The first-order chi connectivity index (χ1) is 13.7. The lowest BCUT2D eigenvalue weighted by molar-refractivity contribution is 0.103. The predicted molar refractivity (Wildman–Crippen MR) is 116 cm³/mol. The Labute approximate surface area is 173 Å². The molecular formula is C23H17ClN2OS. The molecule has 0 radical (unpaired) electrons. The van der Waals surface area contributed by atoms with Crippen molar-refractivity contribution in [2.75, 3.05) is 5.32 Å². The Balaban J connectivity index is 1.71. The van der Waals surface area contributed by atoms with Crippen LogP contribution in [0, 0.1) is 11.3 Å². The number of allylic oxidation sites excluding steroid dienone is 1. The summed E-state index contributed by atoms with van der Waals surface area (Å²) in [5, 5.41) is 12.9. The summed E-state index contributed by atoms with van der Waals surface area (Å²) in [7, 11) is 0. The van der Waals surface area contributed by atoms with Gasteiger partial charge in [-0.2, -0.15) is 5.26 Å². The topological polar surface area (TPSA) is 52.9 Å². The molecule has 0 aliphatic rings. The monoisotopic (exact) mass is 404 g/mol. The number of carbonyl (C=O) groups excluding carboxylic acids is 1. The molecule has 3 rings (SSSR count). The molecule has 0 amide bonds. The SMILES string of the molecule is N#CC(=CNc1cccc(Cl)c1)C(=O)c1cccc(CSc2ccccc2)c1. The van der Waals surface area contributed by atoms with Gasteiger partial charge in [0.2, 0.25) is 5.78 Å². The Bertz CT molecular complexity index is 1040. The molecule has 3 aromatic carbocycles. The second kappa shape index (κ2) is 9.80. The van der Waals surface area contributed by atoms with Crippen LogP contribution in [0.3, 0.4) is 0 Å². The number of nitriles is 1. The van der Waals surface area contributed by atoms with Gasteiger partial charge in [-0.05, 0) is 42.0 Å². The van der Waals surface area contributed by atoms with Gasteiger partial charge in [-0.1, -0.05) is 54.1 Å². The van der Waals surface area contributed by atoms with Crippen molar-refractivity contribution in [1.82, 2.24) is 0 Å². The fourth-order valence-corrected chi connectivity index (χ4v) is 3.58. The summed E-state index contributed by atoms with van der Waals surface area (Å²) in [6.45, 7) is 0. The molecule has 0 saturated heterocycles. The van der Waals surface area contributed by atoms with E-state index in [4.69, 9.17) is 11.6 Å². The normalized spacial score (nSPS) is 10.9. The van der Waals surface area contributed by atoms with Crippen LogP contribution < -0.4 is 5.32 Å². The summed E-state index contributed by atoms with van der Waals surface area (Å²) in [6.07, 6.45) is 1.42. The van der Waals surface area contributed by atoms with Gasteiger partial charge >= 0.3 is 0 Å². The van der Waals surface area contributed by atoms with Gasteiger partial charge in [0.15, 0.2) is 0 Å². The van der Waals surface area contributed by atoms with Gasteiger partial charge < -0.3 is 5.32 Å². The molecule has 0 spiro atoms. The number of nitrogens with one attached hydrogen (secondary N) is 1. The zero-order valence-corrected chi connectivity index (χ0v) is 16.5. The largest absolute Gasteiger partial charge is 0.360 e. The van der Waals surface area contributed by atoms with E-state index in [9.17, 15) is 10.1 Å². The van der Waals surface area contributed by atoms with Crippen LogP contribution in [-0.2, 0) is 5.75 Å². The number of nitrogens with zero attached hydrogens (tertiary/aromatic N) is 1. The Kier molecular flexibility index (Phi) is 6.91. The number of hydrogen-bond acceptors (Lipinski definition) is 4. The maximum absolute atomic E-state index is 12.7. The van der Waals surface area contributed by atoms with Crippen LogP contribution in [0.5, 0.6) is 0 Å². The molecule has 0 atom stereocenters. The van der Waals surface area contributed by atoms with E-state index in [0.717, 1.165) is 11.3 Å². The summed E-state index contributed by atoms with van der Waals surface area (Å²) < 4.78 is 0. The lowest BCUT2D eigenvalue weighted by Crippen LogP contribution is -2.05. The van der Waals surface area contributed by atoms with Crippen molar-refractivity contribution < 1.29 is 4.79 Å². The van der Waals surface area contributed by atoms with Crippen molar-refractivity contribution in [2.24, 2.45) is 0 Å². The van der Waals surface area contributed by atoms with Gasteiger partial charge in [0.05, 0.1) is 0 Å². The number of rotatable bonds is 7. The summed E-state index contributed by atoms with van der Waals surface area (Å²) in [5.41, 5.74) is 2.26. The van der Waals surface area contributed by atoms with E-state index in [2.05, 4.69) is 17.4 Å². The van der Waals surface area contributed by atoms with Crippen molar-refractivity contribution >= 4 is 34.8 Å². The first kappa shape index (κ1) is 19.8. The van der Waals surface area contributed by atoms with Crippen molar-refractivity contribution in [1.29, 1.82) is 5.26 Å². The van der Waals surface area contributed by atoms with Crippen molar-refractivity contribution in [2.45, 2.75) is 10.6 Å². The Morgan fingerprint density at radius 2 is 1.82 bits per heavy atom. The van der Waals surface area contributed by atoms with Gasteiger partial charge in [0.1, 0.15) is 11.6 Å². The van der Waals surface area contributed by atoms with Crippen molar-refractivity contribution in [3.05, 3.63) is 107 Å². The van der Waals surface area contributed by atoms with Crippen LogP contribution >= 0.6 is 23.4 Å². The second-order valence-electron chi connectivity index (χ2n) is 5.96. The average Bonchev–Trinajstić information content (AvgIpc) is 2.73. The highest BCUT2D eigenvalue weighted by Gasteiger charge is 2.12. The van der Waals surface area contributed by atoms with Crippen LogP contribution in [-0.4, -0.2) is 5.78 Å². The van der Waals surface area contributed by atoms with Gasteiger partial charge in [0.25, 0.3) is 0 Å². The molecule has 0 unspecified atom stereocenters. The highest BCUT2D eigenvalue weighted by Crippen LogP contribution is 2.23. The molecule has 0 saturated carbocycles. The van der Waals surface area contributed by atoms with Gasteiger partial charge in [-0.15, -0.1) is 11.8 Å². The van der Waals surface area contributed by atoms with E-state index >= 15 is 0 Å². The number of ketones is 1. The molecule has 0 bridgehead atoms. The van der Waals surface area contributed by atoms with Crippen LogP contribution in [0.2, 0.25) is 5.02 Å². The lowest BCUT2D eigenvalue weighted by Gasteiger charge is -2.06. The first-order valence-corrected chi connectivity index (χ1v) is 9.96. The van der Waals surface area contributed by atoms with Crippen LogP contribution in [0.15, 0.2) is 95.5 Å². The summed E-state index contributed by atoms with van der Waals surface area (Å²) in [4.78, 5) is 13.9. The third kappa shape index (κ3) is 5.50. The first-order valence-electron chi connectivity index (χ1n) is 8.59. The van der Waals surface area contributed by atoms with E-state index in [1.165, 1.54) is 11.1 Å². The molecule has 138 valence electrons. The number of halogens is 1. The number of thioether (sulfide) groups is 1. The lowest BCUT2D eigenvalue weighted by atomic mass is 10.0. The number of anilines is 1. The standard InChI is InChI=1S/C23H17ClN2OS/c24-20-8-5-9-21(13-20)26-15-19(14-25)23(27)18-7-4-6-17(12-18)16-28-22-10-2-1-3-11-22/h1-13,15,26H,16H2. The van der Waals surface area contributed by atoms with Crippen LogP contribution in [0.25, 0.3) is 0 Å². The maximum atomic E-state index is 12.7. The molecule has 3 nitrogen and oxygen atoms in total. The van der Waals surface area contributed by atoms with Crippen LogP contribution in [0.4, 0.5) is 5.69 Å². The highest BCUT2D eigenvalue weighted by molar-refractivity contribution is 7.98. The number of carbonyl (C=O) groups is 1. The molecule has 3 aromatic rings. The molecular weight excluding hydrogens is 388 g/mol. The fourth-order valence-electron chi connectivity index (χ4n) is 2.52. The fraction of sp³-hybridized carbons (Fsp3) is 0.0435. The summed E-state index contributed by atoms with van der Waals surface area (Å²) in [5.74, 6) is 0.431. The highest BCUT2D eigenvalue weighted by atomic mass is 35.5. The third-order valence-electron chi connectivity index (χ3n) is 3.91. The minimum atomic E-state index is -0.316. The summed E-state index contributed by atoms with van der Waals surface area (Å²) in [6, 6.07) is 26.5. The van der Waals surface area contributed by atoms with E-state index < -0.39 is 0 Å². The minimum Gasteiger partial charge on any atom is -0.360 e. The van der Waals surface area contributed by atoms with Crippen molar-refractivity contribution in [3.63, 3.8) is 0 Å². The predicted octanol–water partition coefficient (Wildman–Crippen LogP) is 6.33.